The third kappa shape index (κ3) is 3.57. The number of methoxy groups -OCH3 is 2. The number of fused-ring (bicyclic) bond motifs is 1. The summed E-state index contributed by atoms with van der Waals surface area (Å²) < 4.78 is 34.5. The number of ether oxygens (including phenoxy) is 2. The highest BCUT2D eigenvalue weighted by molar-refractivity contribution is 7.91. The van der Waals surface area contributed by atoms with E-state index in [1.165, 1.54) is 0 Å². The Balaban J connectivity index is 1.92. The number of aromatic nitrogens is 1. The maximum Gasteiger partial charge on any atom is 0.218 e. The van der Waals surface area contributed by atoms with Crippen molar-refractivity contribution in [3.8, 4) is 11.6 Å². The lowest BCUT2D eigenvalue weighted by Crippen LogP contribution is -2.44. The van der Waals surface area contributed by atoms with E-state index in [2.05, 4.69) is 9.88 Å². The lowest BCUT2D eigenvalue weighted by molar-refractivity contribution is 0.152. The highest BCUT2D eigenvalue weighted by Crippen LogP contribution is 2.32. The number of rotatable bonds is 5. The van der Waals surface area contributed by atoms with E-state index in [-0.39, 0.29) is 17.0 Å². The second-order valence-electron chi connectivity index (χ2n) is 6.91. The first-order chi connectivity index (χ1) is 11.8. The van der Waals surface area contributed by atoms with Crippen LogP contribution in [0.5, 0.6) is 11.6 Å². The Kier molecular flexibility index (Phi) is 4.64. The molecule has 1 fully saturated rings. The van der Waals surface area contributed by atoms with Gasteiger partial charge in [0.2, 0.25) is 5.88 Å². The van der Waals surface area contributed by atoms with Crippen LogP contribution in [-0.4, -0.2) is 56.6 Å². The van der Waals surface area contributed by atoms with E-state index in [1.807, 2.05) is 38.2 Å². The second-order valence-corrected chi connectivity index (χ2v) is 9.09. The summed E-state index contributed by atoms with van der Waals surface area (Å²) in [5.41, 5.74) is 1.38. The van der Waals surface area contributed by atoms with Gasteiger partial charge in [-0.2, -0.15) is 0 Å². The van der Waals surface area contributed by atoms with Crippen LogP contribution in [0.3, 0.4) is 0 Å². The number of pyridine rings is 1. The molecule has 7 heteroatoms. The molecule has 2 heterocycles. The van der Waals surface area contributed by atoms with Gasteiger partial charge in [0.1, 0.15) is 5.75 Å². The lowest BCUT2D eigenvalue weighted by atomic mass is 9.99. The zero-order chi connectivity index (χ0) is 18.2. The summed E-state index contributed by atoms with van der Waals surface area (Å²) in [6.45, 7) is 2.58. The number of hydrogen-bond donors (Lipinski definition) is 0. The van der Waals surface area contributed by atoms with E-state index >= 15 is 0 Å². The molecule has 3 rings (SSSR count). The third-order valence-electron chi connectivity index (χ3n) is 5.07. The average molecular weight is 364 g/mol. The Morgan fingerprint density at radius 3 is 2.60 bits per heavy atom. The summed E-state index contributed by atoms with van der Waals surface area (Å²) in [4.78, 5) is 6.68. The molecule has 0 bridgehead atoms. The normalized spacial score (nSPS) is 22.4. The van der Waals surface area contributed by atoms with Crippen molar-refractivity contribution in [2.75, 3.05) is 32.8 Å². The molecule has 1 aliphatic rings. The Bertz CT molecular complexity index is 897. The minimum absolute atomic E-state index is 0.191. The van der Waals surface area contributed by atoms with Crippen molar-refractivity contribution in [1.29, 1.82) is 0 Å². The van der Waals surface area contributed by atoms with Crippen molar-refractivity contribution in [1.82, 2.24) is 9.88 Å². The van der Waals surface area contributed by atoms with Crippen LogP contribution in [0.1, 0.15) is 18.9 Å². The van der Waals surface area contributed by atoms with Gasteiger partial charge in [-0.15, -0.1) is 0 Å². The molecule has 1 aliphatic heterocycles. The fourth-order valence-electron chi connectivity index (χ4n) is 3.33. The molecule has 0 amide bonds. The van der Waals surface area contributed by atoms with Gasteiger partial charge in [-0.25, -0.2) is 13.4 Å². The Morgan fingerprint density at radius 2 is 2.00 bits per heavy atom. The number of sulfone groups is 1. The molecule has 1 aromatic carbocycles. The van der Waals surface area contributed by atoms with Crippen LogP contribution in [-0.2, 0) is 16.4 Å². The van der Waals surface area contributed by atoms with Crippen molar-refractivity contribution in [2.24, 2.45) is 0 Å². The van der Waals surface area contributed by atoms with Crippen molar-refractivity contribution < 1.29 is 17.9 Å². The molecule has 0 aliphatic carbocycles. The van der Waals surface area contributed by atoms with E-state index in [4.69, 9.17) is 9.47 Å². The van der Waals surface area contributed by atoms with Crippen molar-refractivity contribution in [3.63, 3.8) is 0 Å². The van der Waals surface area contributed by atoms with Crippen LogP contribution in [0.4, 0.5) is 0 Å². The largest absolute Gasteiger partial charge is 0.497 e. The van der Waals surface area contributed by atoms with E-state index in [0.717, 1.165) is 22.2 Å². The summed E-state index contributed by atoms with van der Waals surface area (Å²) in [5.74, 6) is 1.74. The minimum atomic E-state index is -2.95. The first-order valence-electron chi connectivity index (χ1n) is 8.20. The summed E-state index contributed by atoms with van der Waals surface area (Å²) >= 11 is 0. The fourth-order valence-corrected chi connectivity index (χ4v) is 5.54. The zero-order valence-electron chi connectivity index (χ0n) is 15.1. The summed E-state index contributed by atoms with van der Waals surface area (Å²) in [7, 11) is 2.23. The summed E-state index contributed by atoms with van der Waals surface area (Å²) in [6.07, 6.45) is 0.645. The van der Waals surface area contributed by atoms with Gasteiger partial charge in [-0.05, 0) is 38.6 Å². The van der Waals surface area contributed by atoms with E-state index in [0.29, 0.717) is 18.8 Å². The van der Waals surface area contributed by atoms with E-state index in [9.17, 15) is 8.42 Å². The molecule has 0 spiro atoms. The third-order valence-corrected chi connectivity index (χ3v) is 6.96. The van der Waals surface area contributed by atoms with Gasteiger partial charge in [0, 0.05) is 29.1 Å². The number of hydrogen-bond acceptors (Lipinski definition) is 6. The number of benzene rings is 1. The quantitative estimate of drug-likeness (QED) is 0.811. The number of nitrogens with zero attached hydrogens (tertiary/aromatic N) is 2. The van der Waals surface area contributed by atoms with Crippen LogP contribution in [0.2, 0.25) is 0 Å². The predicted octanol–water partition coefficient (Wildman–Crippen LogP) is 2.26. The molecule has 25 heavy (non-hydrogen) atoms. The monoisotopic (exact) mass is 364 g/mol. The molecule has 0 radical (unpaired) electrons. The molecule has 1 atom stereocenters. The van der Waals surface area contributed by atoms with Crippen molar-refractivity contribution in [2.45, 2.75) is 25.4 Å². The Morgan fingerprint density at radius 1 is 1.24 bits per heavy atom. The van der Waals surface area contributed by atoms with Crippen LogP contribution >= 0.6 is 0 Å². The minimum Gasteiger partial charge on any atom is -0.497 e. The second kappa shape index (κ2) is 6.46. The summed E-state index contributed by atoms with van der Waals surface area (Å²) in [6, 6.07) is 7.78. The first kappa shape index (κ1) is 17.9. The van der Waals surface area contributed by atoms with Crippen molar-refractivity contribution in [3.05, 3.63) is 29.8 Å². The predicted molar refractivity (Wildman–Crippen MR) is 98.0 cm³/mol. The lowest BCUT2D eigenvalue weighted by Gasteiger charge is -2.34. The molecule has 1 saturated heterocycles. The van der Waals surface area contributed by atoms with Gasteiger partial charge in [0.15, 0.2) is 9.84 Å². The van der Waals surface area contributed by atoms with Crippen LogP contribution in [0, 0.1) is 0 Å². The standard InChI is InChI=1S/C18H24N2O4S/c1-18(7-8-25(21,22)12-18)20(2)11-14-9-13-5-6-15(23-3)10-16(13)19-17(14)24-4/h5-6,9-10H,7-8,11-12H2,1-4H3. The highest BCUT2D eigenvalue weighted by Gasteiger charge is 2.41. The summed E-state index contributed by atoms with van der Waals surface area (Å²) in [5, 5.41) is 0.995. The van der Waals surface area contributed by atoms with Gasteiger partial charge in [-0.1, -0.05) is 0 Å². The van der Waals surface area contributed by atoms with Crippen LogP contribution in [0.15, 0.2) is 24.3 Å². The molecular formula is C18H24N2O4S. The average Bonchev–Trinajstić information content (AvgIpc) is 2.88. The molecule has 1 aromatic heterocycles. The van der Waals surface area contributed by atoms with Gasteiger partial charge in [0.05, 0.1) is 31.2 Å². The van der Waals surface area contributed by atoms with E-state index in [1.54, 1.807) is 14.2 Å². The molecule has 6 nitrogen and oxygen atoms in total. The van der Waals surface area contributed by atoms with Crippen LogP contribution < -0.4 is 9.47 Å². The molecule has 1 unspecified atom stereocenters. The van der Waals surface area contributed by atoms with Crippen LogP contribution in [0.25, 0.3) is 10.9 Å². The zero-order valence-corrected chi connectivity index (χ0v) is 15.9. The Labute approximate surface area is 148 Å². The first-order valence-corrected chi connectivity index (χ1v) is 10.0. The van der Waals surface area contributed by atoms with Crippen molar-refractivity contribution >= 4 is 20.7 Å². The van der Waals surface area contributed by atoms with Gasteiger partial charge in [0.25, 0.3) is 0 Å². The van der Waals surface area contributed by atoms with Gasteiger partial charge in [-0.3, -0.25) is 4.90 Å². The molecular weight excluding hydrogens is 340 g/mol. The Hall–Kier alpha value is -1.86. The highest BCUT2D eigenvalue weighted by atomic mass is 32.2. The maximum atomic E-state index is 11.9. The van der Waals surface area contributed by atoms with Gasteiger partial charge >= 0.3 is 0 Å². The fraction of sp³-hybridized carbons (Fsp3) is 0.500. The SMILES string of the molecule is COc1ccc2cc(CN(C)C3(C)CCS(=O)(=O)C3)c(OC)nc2c1. The molecule has 0 N–H and O–H groups in total. The smallest absolute Gasteiger partial charge is 0.218 e. The molecule has 0 saturated carbocycles. The van der Waals surface area contributed by atoms with E-state index < -0.39 is 9.84 Å². The van der Waals surface area contributed by atoms with Gasteiger partial charge < -0.3 is 9.47 Å². The molecule has 2 aromatic rings. The maximum absolute atomic E-state index is 11.9. The molecule has 136 valence electrons. The topological polar surface area (TPSA) is 68.7 Å².